The van der Waals surface area contributed by atoms with Crippen molar-refractivity contribution in [3.05, 3.63) is 30.3 Å². The second kappa shape index (κ2) is 11.0. The van der Waals surface area contributed by atoms with Crippen molar-refractivity contribution in [1.29, 1.82) is 0 Å². The lowest BCUT2D eigenvalue weighted by Crippen LogP contribution is -2.38. The summed E-state index contributed by atoms with van der Waals surface area (Å²) < 4.78 is 10.1. The van der Waals surface area contributed by atoms with E-state index in [-0.39, 0.29) is 37.4 Å². The zero-order valence-corrected chi connectivity index (χ0v) is 14.1. The Kier molecular flexibility index (Phi) is 8.96. The number of methoxy groups -OCH3 is 1. The number of nitrogens with one attached hydrogen (secondary N) is 1. The molecule has 1 N–H and O–H groups in total. The maximum atomic E-state index is 12.3. The molecule has 0 saturated heterocycles. The Bertz CT molecular complexity index is 533. The number of ether oxygens (including phenoxy) is 2. The summed E-state index contributed by atoms with van der Waals surface area (Å²) >= 11 is 0. The topological polar surface area (TPSA) is 84.9 Å². The summed E-state index contributed by atoms with van der Waals surface area (Å²) in [6.07, 6.45) is 0.714. The largest absolute Gasteiger partial charge is 0.484 e. The minimum Gasteiger partial charge on any atom is -0.484 e. The monoisotopic (exact) mass is 336 g/mol. The van der Waals surface area contributed by atoms with Gasteiger partial charge in [-0.1, -0.05) is 18.2 Å². The highest BCUT2D eigenvalue weighted by atomic mass is 16.5. The van der Waals surface area contributed by atoms with Gasteiger partial charge in [0.05, 0.1) is 13.5 Å². The number of amides is 2. The number of hydrogen-bond acceptors (Lipinski definition) is 5. The number of carbonyl (C=O) groups excluding carboxylic acids is 3. The van der Waals surface area contributed by atoms with Crippen molar-refractivity contribution >= 4 is 17.8 Å². The Morgan fingerprint density at radius 3 is 2.46 bits per heavy atom. The SMILES string of the molecule is COC(=O)CCN(CCCNC(C)=O)C(=O)COc1ccccc1. The number of para-hydroxylation sites is 1. The highest BCUT2D eigenvalue weighted by Gasteiger charge is 2.15. The molecule has 0 heterocycles. The number of rotatable bonds is 10. The van der Waals surface area contributed by atoms with E-state index in [0.717, 1.165) is 0 Å². The quantitative estimate of drug-likeness (QED) is 0.509. The molecule has 132 valence electrons. The van der Waals surface area contributed by atoms with Crippen LogP contribution in [-0.4, -0.2) is 56.0 Å². The average molecular weight is 336 g/mol. The van der Waals surface area contributed by atoms with Crippen LogP contribution in [0.4, 0.5) is 0 Å². The summed E-state index contributed by atoms with van der Waals surface area (Å²) in [6, 6.07) is 9.04. The van der Waals surface area contributed by atoms with Gasteiger partial charge in [0.15, 0.2) is 6.61 Å². The van der Waals surface area contributed by atoms with Crippen molar-refractivity contribution in [2.24, 2.45) is 0 Å². The molecular weight excluding hydrogens is 312 g/mol. The van der Waals surface area contributed by atoms with Crippen molar-refractivity contribution in [1.82, 2.24) is 10.2 Å². The van der Waals surface area contributed by atoms with E-state index >= 15 is 0 Å². The molecular formula is C17H24N2O5. The first-order valence-electron chi connectivity index (χ1n) is 7.79. The van der Waals surface area contributed by atoms with Gasteiger partial charge in [-0.25, -0.2) is 0 Å². The predicted molar refractivity (Wildman–Crippen MR) is 88.5 cm³/mol. The molecule has 7 heteroatoms. The van der Waals surface area contributed by atoms with E-state index in [9.17, 15) is 14.4 Å². The van der Waals surface area contributed by atoms with Crippen molar-refractivity contribution < 1.29 is 23.9 Å². The van der Waals surface area contributed by atoms with Crippen LogP contribution < -0.4 is 10.1 Å². The van der Waals surface area contributed by atoms with Crippen LogP contribution in [0.1, 0.15) is 19.8 Å². The van der Waals surface area contributed by atoms with Crippen LogP contribution in [0.5, 0.6) is 5.75 Å². The molecule has 1 aromatic rings. The van der Waals surface area contributed by atoms with Crippen LogP contribution in [0.3, 0.4) is 0 Å². The van der Waals surface area contributed by atoms with Gasteiger partial charge in [0, 0.05) is 26.6 Å². The molecule has 2 amide bonds. The van der Waals surface area contributed by atoms with Gasteiger partial charge in [-0.3, -0.25) is 14.4 Å². The van der Waals surface area contributed by atoms with Gasteiger partial charge < -0.3 is 19.7 Å². The Balaban J connectivity index is 2.49. The lowest BCUT2D eigenvalue weighted by Gasteiger charge is -2.22. The molecule has 0 aliphatic rings. The van der Waals surface area contributed by atoms with Gasteiger partial charge in [-0.05, 0) is 18.6 Å². The Morgan fingerprint density at radius 2 is 1.83 bits per heavy atom. The fourth-order valence-electron chi connectivity index (χ4n) is 1.98. The highest BCUT2D eigenvalue weighted by molar-refractivity contribution is 5.78. The molecule has 0 saturated carbocycles. The van der Waals surface area contributed by atoms with Gasteiger partial charge in [-0.15, -0.1) is 0 Å². The third-order valence-corrected chi connectivity index (χ3v) is 3.25. The Labute approximate surface area is 141 Å². The predicted octanol–water partition coefficient (Wildman–Crippen LogP) is 0.983. The molecule has 0 unspecified atom stereocenters. The Morgan fingerprint density at radius 1 is 1.12 bits per heavy atom. The van der Waals surface area contributed by atoms with Crippen LogP contribution in [0.2, 0.25) is 0 Å². The molecule has 1 rings (SSSR count). The van der Waals surface area contributed by atoms with Crippen molar-refractivity contribution in [2.45, 2.75) is 19.8 Å². The summed E-state index contributed by atoms with van der Waals surface area (Å²) in [7, 11) is 1.31. The van der Waals surface area contributed by atoms with E-state index in [1.54, 1.807) is 17.0 Å². The van der Waals surface area contributed by atoms with Gasteiger partial charge in [-0.2, -0.15) is 0 Å². The number of hydrogen-bond donors (Lipinski definition) is 1. The van der Waals surface area contributed by atoms with Crippen LogP contribution in [0.25, 0.3) is 0 Å². The lowest BCUT2D eigenvalue weighted by molar-refractivity contribution is -0.142. The molecule has 0 bridgehead atoms. The van der Waals surface area contributed by atoms with Crippen LogP contribution in [-0.2, 0) is 19.1 Å². The van der Waals surface area contributed by atoms with E-state index in [0.29, 0.717) is 25.3 Å². The molecule has 0 radical (unpaired) electrons. The number of esters is 1. The zero-order valence-electron chi connectivity index (χ0n) is 14.1. The molecule has 0 spiro atoms. The third-order valence-electron chi connectivity index (χ3n) is 3.25. The highest BCUT2D eigenvalue weighted by Crippen LogP contribution is 2.08. The second-order valence-corrected chi connectivity index (χ2v) is 5.15. The van der Waals surface area contributed by atoms with Crippen LogP contribution in [0, 0.1) is 0 Å². The molecule has 0 aromatic heterocycles. The molecule has 0 aliphatic heterocycles. The van der Waals surface area contributed by atoms with E-state index in [1.807, 2.05) is 18.2 Å². The number of nitrogens with zero attached hydrogens (tertiary/aromatic N) is 1. The molecule has 1 aromatic carbocycles. The second-order valence-electron chi connectivity index (χ2n) is 5.15. The fourth-order valence-corrected chi connectivity index (χ4v) is 1.98. The van der Waals surface area contributed by atoms with E-state index in [2.05, 4.69) is 10.1 Å². The van der Waals surface area contributed by atoms with Crippen molar-refractivity contribution in [3.8, 4) is 5.75 Å². The number of benzene rings is 1. The minimum atomic E-state index is -0.376. The smallest absolute Gasteiger partial charge is 0.307 e. The average Bonchev–Trinajstić information content (AvgIpc) is 2.59. The Hall–Kier alpha value is -2.57. The standard InChI is InChI=1S/C17H24N2O5/c1-14(20)18-10-6-11-19(12-9-17(22)23-2)16(21)13-24-15-7-4-3-5-8-15/h3-5,7-8H,6,9-13H2,1-2H3,(H,18,20). The molecule has 0 aliphatic carbocycles. The maximum Gasteiger partial charge on any atom is 0.307 e. The molecule has 7 nitrogen and oxygen atoms in total. The summed E-state index contributed by atoms with van der Waals surface area (Å²) in [5.41, 5.74) is 0. The summed E-state index contributed by atoms with van der Waals surface area (Å²) in [5, 5.41) is 2.67. The van der Waals surface area contributed by atoms with Gasteiger partial charge in [0.25, 0.3) is 5.91 Å². The molecule has 24 heavy (non-hydrogen) atoms. The summed E-state index contributed by atoms with van der Waals surface area (Å²) in [5.74, 6) is -0.101. The first-order chi connectivity index (χ1) is 11.5. The third kappa shape index (κ3) is 8.17. The minimum absolute atomic E-state index is 0.106. The van der Waals surface area contributed by atoms with Crippen LogP contribution >= 0.6 is 0 Å². The maximum absolute atomic E-state index is 12.3. The lowest BCUT2D eigenvalue weighted by atomic mass is 10.3. The summed E-state index contributed by atoms with van der Waals surface area (Å²) in [4.78, 5) is 36.0. The zero-order chi connectivity index (χ0) is 17.8. The van der Waals surface area contributed by atoms with E-state index in [1.165, 1.54) is 14.0 Å². The molecule has 0 fully saturated rings. The normalized spacial score (nSPS) is 9.92. The van der Waals surface area contributed by atoms with E-state index < -0.39 is 0 Å². The number of carbonyl (C=O) groups is 3. The van der Waals surface area contributed by atoms with Crippen molar-refractivity contribution in [2.75, 3.05) is 33.4 Å². The van der Waals surface area contributed by atoms with E-state index in [4.69, 9.17) is 4.74 Å². The van der Waals surface area contributed by atoms with Crippen LogP contribution in [0.15, 0.2) is 30.3 Å². The van der Waals surface area contributed by atoms with Crippen molar-refractivity contribution in [3.63, 3.8) is 0 Å². The van der Waals surface area contributed by atoms with Gasteiger partial charge in [0.2, 0.25) is 5.91 Å². The first kappa shape index (κ1) is 19.5. The fraction of sp³-hybridized carbons (Fsp3) is 0.471. The van der Waals surface area contributed by atoms with Gasteiger partial charge >= 0.3 is 5.97 Å². The molecule has 0 atom stereocenters. The van der Waals surface area contributed by atoms with Gasteiger partial charge in [0.1, 0.15) is 5.75 Å². The first-order valence-corrected chi connectivity index (χ1v) is 7.79. The summed E-state index contributed by atoms with van der Waals surface area (Å²) in [6.45, 7) is 2.48.